The highest BCUT2D eigenvalue weighted by molar-refractivity contribution is 5.99. The lowest BCUT2D eigenvalue weighted by Gasteiger charge is -2.14. The molecule has 14 heavy (non-hydrogen) atoms. The largest absolute Gasteiger partial charge is 0.507 e. The van der Waals surface area contributed by atoms with Crippen LogP contribution >= 0.6 is 0 Å². The zero-order valence-corrected chi connectivity index (χ0v) is 8.51. The lowest BCUT2D eigenvalue weighted by atomic mass is 9.96. The van der Waals surface area contributed by atoms with E-state index in [1.165, 1.54) is 0 Å². The predicted molar refractivity (Wildman–Crippen MR) is 55.2 cm³/mol. The van der Waals surface area contributed by atoms with Gasteiger partial charge in [0.25, 0.3) is 5.91 Å². The Hall–Kier alpha value is -1.71. The molecule has 0 saturated heterocycles. The Kier molecular flexibility index (Phi) is 2.38. The number of benzene rings is 1. The van der Waals surface area contributed by atoms with Crippen molar-refractivity contribution < 1.29 is 9.90 Å². The van der Waals surface area contributed by atoms with Gasteiger partial charge in [-0.25, -0.2) is 0 Å². The number of rotatable bonds is 1. The van der Waals surface area contributed by atoms with Crippen molar-refractivity contribution in [1.29, 1.82) is 0 Å². The van der Waals surface area contributed by atoms with E-state index in [4.69, 9.17) is 11.5 Å². The summed E-state index contributed by atoms with van der Waals surface area (Å²) in [4.78, 5) is 11.1. The van der Waals surface area contributed by atoms with Crippen molar-refractivity contribution in [3.8, 4) is 5.75 Å². The molecule has 1 amide bonds. The first kappa shape index (κ1) is 10.4. The van der Waals surface area contributed by atoms with Crippen LogP contribution in [0.5, 0.6) is 5.75 Å². The Morgan fingerprint density at radius 2 is 1.64 bits per heavy atom. The van der Waals surface area contributed by atoms with Gasteiger partial charge in [-0.15, -0.1) is 0 Å². The van der Waals surface area contributed by atoms with E-state index in [9.17, 15) is 9.90 Å². The Morgan fingerprint density at radius 1 is 1.14 bits per heavy atom. The molecule has 76 valence electrons. The van der Waals surface area contributed by atoms with Crippen LogP contribution in [0.1, 0.15) is 27.0 Å². The molecule has 4 nitrogen and oxygen atoms in total. The summed E-state index contributed by atoms with van der Waals surface area (Å²) in [6.45, 7) is 5.16. The summed E-state index contributed by atoms with van der Waals surface area (Å²) in [5.41, 5.74) is 13.5. The molecule has 0 aliphatic rings. The van der Waals surface area contributed by atoms with Crippen molar-refractivity contribution in [2.45, 2.75) is 20.8 Å². The van der Waals surface area contributed by atoms with Gasteiger partial charge in [0.2, 0.25) is 0 Å². The molecular weight excluding hydrogens is 180 g/mol. The highest BCUT2D eigenvalue weighted by atomic mass is 16.3. The number of hydrogen-bond donors (Lipinski definition) is 3. The van der Waals surface area contributed by atoms with Gasteiger partial charge in [0.05, 0.1) is 5.56 Å². The number of anilines is 1. The summed E-state index contributed by atoms with van der Waals surface area (Å²) in [7, 11) is 0. The first-order valence-corrected chi connectivity index (χ1v) is 4.26. The van der Waals surface area contributed by atoms with Crippen molar-refractivity contribution in [2.75, 3.05) is 5.73 Å². The van der Waals surface area contributed by atoms with Gasteiger partial charge in [0.15, 0.2) is 0 Å². The first-order valence-electron chi connectivity index (χ1n) is 4.26. The number of aromatic hydroxyl groups is 1. The average molecular weight is 194 g/mol. The Bertz CT molecular complexity index is 382. The normalized spacial score (nSPS) is 10.2. The molecule has 1 aromatic rings. The Morgan fingerprint density at radius 3 is 2.07 bits per heavy atom. The van der Waals surface area contributed by atoms with Crippen LogP contribution in [0.25, 0.3) is 0 Å². The SMILES string of the molecule is Cc1c(C)c(O)c(C(N)=O)c(C)c1N. The fraction of sp³-hybridized carbons (Fsp3) is 0.300. The minimum absolute atomic E-state index is 0.0679. The molecule has 0 radical (unpaired) electrons. The number of carbonyl (C=O) groups is 1. The number of hydrogen-bond acceptors (Lipinski definition) is 3. The quantitative estimate of drug-likeness (QED) is 0.460. The molecule has 0 unspecified atom stereocenters. The van der Waals surface area contributed by atoms with E-state index in [0.29, 0.717) is 16.8 Å². The van der Waals surface area contributed by atoms with Crippen LogP contribution in [0.15, 0.2) is 0 Å². The smallest absolute Gasteiger partial charge is 0.252 e. The van der Waals surface area contributed by atoms with Crippen LogP contribution in [-0.2, 0) is 0 Å². The minimum Gasteiger partial charge on any atom is -0.507 e. The van der Waals surface area contributed by atoms with Gasteiger partial charge in [0, 0.05) is 5.69 Å². The van der Waals surface area contributed by atoms with Crippen molar-refractivity contribution in [3.05, 3.63) is 22.3 Å². The second-order valence-electron chi connectivity index (χ2n) is 3.38. The van der Waals surface area contributed by atoms with Crippen molar-refractivity contribution in [2.24, 2.45) is 5.73 Å². The summed E-state index contributed by atoms with van der Waals surface area (Å²) in [5, 5.41) is 9.70. The number of carbonyl (C=O) groups excluding carboxylic acids is 1. The third kappa shape index (κ3) is 1.28. The topological polar surface area (TPSA) is 89.3 Å². The van der Waals surface area contributed by atoms with E-state index in [1.807, 2.05) is 0 Å². The molecule has 0 bridgehead atoms. The summed E-state index contributed by atoms with van der Waals surface area (Å²) >= 11 is 0. The van der Waals surface area contributed by atoms with Gasteiger partial charge in [-0.2, -0.15) is 0 Å². The summed E-state index contributed by atoms with van der Waals surface area (Å²) in [6.07, 6.45) is 0. The molecule has 0 saturated carbocycles. The minimum atomic E-state index is -0.658. The molecule has 5 N–H and O–H groups in total. The van der Waals surface area contributed by atoms with Crippen LogP contribution in [0, 0.1) is 20.8 Å². The molecular formula is C10H14N2O2. The highest BCUT2D eigenvalue weighted by Gasteiger charge is 2.18. The van der Waals surface area contributed by atoms with Crippen LogP contribution in [0.4, 0.5) is 5.69 Å². The van der Waals surface area contributed by atoms with E-state index >= 15 is 0 Å². The van der Waals surface area contributed by atoms with E-state index in [0.717, 1.165) is 5.56 Å². The summed E-state index contributed by atoms with van der Waals surface area (Å²) in [5.74, 6) is -0.725. The number of phenols is 1. The third-order valence-electron chi connectivity index (χ3n) is 2.58. The van der Waals surface area contributed by atoms with E-state index in [1.54, 1.807) is 20.8 Å². The number of nitrogens with two attached hydrogens (primary N) is 2. The number of amides is 1. The zero-order valence-electron chi connectivity index (χ0n) is 8.51. The fourth-order valence-electron chi connectivity index (χ4n) is 1.46. The van der Waals surface area contributed by atoms with E-state index in [-0.39, 0.29) is 11.3 Å². The maximum Gasteiger partial charge on any atom is 0.252 e. The molecule has 0 aromatic heterocycles. The van der Waals surface area contributed by atoms with Crippen LogP contribution < -0.4 is 11.5 Å². The fourth-order valence-corrected chi connectivity index (χ4v) is 1.46. The van der Waals surface area contributed by atoms with Crippen molar-refractivity contribution in [1.82, 2.24) is 0 Å². The number of primary amides is 1. The number of nitrogen functional groups attached to an aromatic ring is 1. The maximum atomic E-state index is 11.1. The second kappa shape index (κ2) is 3.21. The third-order valence-corrected chi connectivity index (χ3v) is 2.58. The van der Waals surface area contributed by atoms with Crippen LogP contribution in [-0.4, -0.2) is 11.0 Å². The lowest BCUT2D eigenvalue weighted by molar-refractivity contribution is 0.0997. The van der Waals surface area contributed by atoms with Gasteiger partial charge in [-0.05, 0) is 37.5 Å². The van der Waals surface area contributed by atoms with Gasteiger partial charge in [-0.3, -0.25) is 4.79 Å². The Labute approximate surface area is 82.5 Å². The predicted octanol–water partition coefficient (Wildman–Crippen LogP) is 0.999. The summed E-state index contributed by atoms with van der Waals surface area (Å²) < 4.78 is 0. The van der Waals surface area contributed by atoms with Crippen LogP contribution in [0.3, 0.4) is 0 Å². The molecule has 0 atom stereocenters. The van der Waals surface area contributed by atoms with E-state index in [2.05, 4.69) is 0 Å². The monoisotopic (exact) mass is 194 g/mol. The second-order valence-corrected chi connectivity index (χ2v) is 3.38. The van der Waals surface area contributed by atoms with Gasteiger partial charge < -0.3 is 16.6 Å². The zero-order chi connectivity index (χ0) is 11.0. The van der Waals surface area contributed by atoms with Crippen molar-refractivity contribution >= 4 is 11.6 Å². The molecule has 0 aliphatic carbocycles. The molecule has 0 fully saturated rings. The van der Waals surface area contributed by atoms with Gasteiger partial charge >= 0.3 is 0 Å². The van der Waals surface area contributed by atoms with Gasteiger partial charge in [-0.1, -0.05) is 0 Å². The lowest BCUT2D eigenvalue weighted by Crippen LogP contribution is -2.15. The van der Waals surface area contributed by atoms with Crippen LogP contribution in [0.2, 0.25) is 0 Å². The maximum absolute atomic E-state index is 11.1. The molecule has 0 spiro atoms. The van der Waals surface area contributed by atoms with Crippen molar-refractivity contribution in [3.63, 3.8) is 0 Å². The van der Waals surface area contributed by atoms with E-state index < -0.39 is 5.91 Å². The average Bonchev–Trinajstić information content (AvgIpc) is 2.11. The molecule has 1 rings (SSSR count). The Balaban J connectivity index is 3.68. The first-order chi connectivity index (χ1) is 6.37. The molecule has 0 heterocycles. The molecule has 4 heteroatoms. The highest BCUT2D eigenvalue weighted by Crippen LogP contribution is 2.33. The van der Waals surface area contributed by atoms with Gasteiger partial charge in [0.1, 0.15) is 5.75 Å². The standard InChI is InChI=1S/C10H14N2O2/c1-4-5(2)9(13)7(10(12)14)6(3)8(4)11/h13H,11H2,1-3H3,(H2,12,14). The summed E-state index contributed by atoms with van der Waals surface area (Å²) in [6, 6.07) is 0. The molecule has 1 aromatic carbocycles. The molecule has 0 aliphatic heterocycles.